The number of hydrogen-bond acceptors (Lipinski definition) is 4. The minimum absolute atomic E-state index is 0.0242. The van der Waals surface area contributed by atoms with Crippen molar-refractivity contribution >= 4 is 22.4 Å². The van der Waals surface area contributed by atoms with Crippen LogP contribution in [0.4, 0.5) is 5.13 Å². The average molecular weight is 395 g/mol. The lowest BCUT2D eigenvalue weighted by Gasteiger charge is -2.08. The first kappa shape index (κ1) is 20.1. The van der Waals surface area contributed by atoms with Crippen LogP contribution in [-0.2, 0) is 11.2 Å². The highest BCUT2D eigenvalue weighted by Gasteiger charge is 2.09. The number of methoxy groups -OCH3 is 1. The Morgan fingerprint density at radius 1 is 1.14 bits per heavy atom. The molecule has 28 heavy (non-hydrogen) atoms. The van der Waals surface area contributed by atoms with E-state index in [1.807, 2.05) is 29.6 Å². The molecule has 4 nitrogen and oxygen atoms in total. The van der Waals surface area contributed by atoms with E-state index in [-0.39, 0.29) is 5.91 Å². The number of nitrogens with zero attached hydrogens (tertiary/aromatic N) is 1. The second-order valence-corrected chi connectivity index (χ2v) is 7.72. The summed E-state index contributed by atoms with van der Waals surface area (Å²) in [6.45, 7) is 4.43. The number of hydrogen-bond donors (Lipinski definition) is 1. The Morgan fingerprint density at radius 3 is 2.50 bits per heavy atom. The summed E-state index contributed by atoms with van der Waals surface area (Å²) in [4.78, 5) is 16.8. The van der Waals surface area contributed by atoms with Crippen molar-refractivity contribution in [2.75, 3.05) is 12.4 Å². The molecule has 0 aliphatic carbocycles. The number of anilines is 1. The van der Waals surface area contributed by atoms with Crippen LogP contribution in [0.3, 0.4) is 0 Å². The standard InChI is InChI=1S/C23H26N2O2S/c1-4-16(2)18-8-10-19(11-9-18)21-15-28-23(24-21)25-22(26)14-7-17-5-12-20(27-3)13-6-17/h5-6,8-13,15-16H,4,7,14H2,1-3H3,(H,24,25,26). The molecule has 1 heterocycles. The zero-order chi connectivity index (χ0) is 19.9. The van der Waals surface area contributed by atoms with E-state index in [1.165, 1.54) is 16.9 Å². The van der Waals surface area contributed by atoms with Gasteiger partial charge in [0.2, 0.25) is 5.91 Å². The molecule has 1 amide bonds. The first-order chi connectivity index (χ1) is 13.6. The molecule has 0 bridgehead atoms. The number of nitrogens with one attached hydrogen (secondary N) is 1. The molecule has 3 aromatic rings. The zero-order valence-corrected chi connectivity index (χ0v) is 17.4. The number of benzene rings is 2. The van der Waals surface area contributed by atoms with E-state index in [9.17, 15) is 4.79 Å². The summed E-state index contributed by atoms with van der Waals surface area (Å²) >= 11 is 1.45. The quantitative estimate of drug-likeness (QED) is 0.517. The van der Waals surface area contributed by atoms with E-state index >= 15 is 0 Å². The molecule has 1 atom stereocenters. The third-order valence-corrected chi connectivity index (χ3v) is 5.70. The Morgan fingerprint density at radius 2 is 1.86 bits per heavy atom. The van der Waals surface area contributed by atoms with Gasteiger partial charge in [0.1, 0.15) is 5.75 Å². The summed E-state index contributed by atoms with van der Waals surface area (Å²) in [6.07, 6.45) is 2.23. The molecule has 1 unspecified atom stereocenters. The maximum atomic E-state index is 12.2. The summed E-state index contributed by atoms with van der Waals surface area (Å²) in [5.74, 6) is 1.36. The van der Waals surface area contributed by atoms with E-state index in [2.05, 4.69) is 48.4 Å². The normalized spacial score (nSPS) is 11.8. The predicted octanol–water partition coefficient (Wildman–Crippen LogP) is 5.90. The molecular weight excluding hydrogens is 368 g/mol. The van der Waals surface area contributed by atoms with Gasteiger partial charge in [0.05, 0.1) is 12.8 Å². The van der Waals surface area contributed by atoms with Gasteiger partial charge in [-0.25, -0.2) is 4.98 Å². The molecule has 0 saturated carbocycles. The molecule has 1 N–H and O–H groups in total. The smallest absolute Gasteiger partial charge is 0.226 e. The zero-order valence-electron chi connectivity index (χ0n) is 16.6. The van der Waals surface area contributed by atoms with Gasteiger partial charge >= 0.3 is 0 Å². The monoisotopic (exact) mass is 394 g/mol. The summed E-state index contributed by atoms with van der Waals surface area (Å²) in [5.41, 5.74) is 4.42. The lowest BCUT2D eigenvalue weighted by atomic mass is 9.97. The maximum absolute atomic E-state index is 12.2. The van der Waals surface area contributed by atoms with Gasteiger partial charge in [-0.1, -0.05) is 50.2 Å². The van der Waals surface area contributed by atoms with Crippen molar-refractivity contribution in [1.82, 2.24) is 4.98 Å². The maximum Gasteiger partial charge on any atom is 0.226 e. The van der Waals surface area contributed by atoms with Gasteiger partial charge in [-0.3, -0.25) is 4.79 Å². The first-order valence-electron chi connectivity index (χ1n) is 9.57. The van der Waals surface area contributed by atoms with Crippen molar-refractivity contribution in [3.63, 3.8) is 0 Å². The van der Waals surface area contributed by atoms with Crippen molar-refractivity contribution in [3.05, 3.63) is 65.0 Å². The molecule has 2 aromatic carbocycles. The molecule has 1 aromatic heterocycles. The summed E-state index contributed by atoms with van der Waals surface area (Å²) in [7, 11) is 1.64. The van der Waals surface area contributed by atoms with Gasteiger partial charge in [-0.2, -0.15) is 0 Å². The van der Waals surface area contributed by atoms with Gasteiger partial charge in [-0.05, 0) is 42.0 Å². The largest absolute Gasteiger partial charge is 0.497 e. The van der Waals surface area contributed by atoms with Crippen LogP contribution in [0, 0.1) is 0 Å². The fourth-order valence-electron chi connectivity index (χ4n) is 2.91. The summed E-state index contributed by atoms with van der Waals surface area (Å²) in [5, 5.41) is 5.53. The highest BCUT2D eigenvalue weighted by Crippen LogP contribution is 2.27. The number of aromatic nitrogens is 1. The van der Waals surface area contributed by atoms with Crippen LogP contribution in [0.2, 0.25) is 0 Å². The Balaban J connectivity index is 1.55. The SMILES string of the molecule is CCC(C)c1ccc(-c2csc(NC(=O)CCc3ccc(OC)cc3)n2)cc1. The first-order valence-corrected chi connectivity index (χ1v) is 10.5. The van der Waals surface area contributed by atoms with E-state index in [0.717, 1.165) is 29.0 Å². The van der Waals surface area contributed by atoms with Gasteiger partial charge < -0.3 is 10.1 Å². The third kappa shape index (κ3) is 5.20. The van der Waals surface area contributed by atoms with Gasteiger partial charge in [-0.15, -0.1) is 11.3 Å². The van der Waals surface area contributed by atoms with Crippen LogP contribution in [0.25, 0.3) is 11.3 Å². The van der Waals surface area contributed by atoms with Gasteiger partial charge in [0, 0.05) is 17.4 Å². The second kappa shape index (κ2) is 9.51. The Bertz CT molecular complexity index is 901. The molecule has 0 spiro atoms. The molecule has 0 aliphatic rings. The van der Waals surface area contributed by atoms with E-state index in [4.69, 9.17) is 4.74 Å². The molecule has 3 rings (SSSR count). The van der Waals surface area contributed by atoms with Crippen LogP contribution >= 0.6 is 11.3 Å². The van der Waals surface area contributed by atoms with Crippen LogP contribution < -0.4 is 10.1 Å². The number of amides is 1. The fraction of sp³-hybridized carbons (Fsp3) is 0.304. The molecule has 0 fully saturated rings. The van der Waals surface area contributed by atoms with Crippen molar-refractivity contribution < 1.29 is 9.53 Å². The van der Waals surface area contributed by atoms with Gasteiger partial charge in [0.25, 0.3) is 0 Å². The van der Waals surface area contributed by atoms with Crippen LogP contribution in [0.5, 0.6) is 5.75 Å². The highest BCUT2D eigenvalue weighted by molar-refractivity contribution is 7.14. The van der Waals surface area contributed by atoms with Gasteiger partial charge in [0.15, 0.2) is 5.13 Å². The molecule has 5 heteroatoms. The van der Waals surface area contributed by atoms with Crippen LogP contribution in [0.15, 0.2) is 53.9 Å². The average Bonchev–Trinajstić information content (AvgIpc) is 3.20. The van der Waals surface area contributed by atoms with Crippen molar-refractivity contribution in [2.24, 2.45) is 0 Å². The summed E-state index contributed by atoms with van der Waals surface area (Å²) < 4.78 is 5.15. The third-order valence-electron chi connectivity index (χ3n) is 4.94. The lowest BCUT2D eigenvalue weighted by Crippen LogP contribution is -2.12. The minimum Gasteiger partial charge on any atom is -0.497 e. The van der Waals surface area contributed by atoms with Crippen molar-refractivity contribution in [2.45, 2.75) is 39.0 Å². The topological polar surface area (TPSA) is 51.2 Å². The molecule has 0 aliphatic heterocycles. The fourth-order valence-corrected chi connectivity index (χ4v) is 3.65. The van der Waals surface area contributed by atoms with Crippen molar-refractivity contribution in [1.29, 1.82) is 0 Å². The van der Waals surface area contributed by atoms with Crippen LogP contribution in [0.1, 0.15) is 43.7 Å². The predicted molar refractivity (Wildman–Crippen MR) is 116 cm³/mol. The Hall–Kier alpha value is -2.66. The van der Waals surface area contributed by atoms with E-state index < -0.39 is 0 Å². The number of ether oxygens (including phenoxy) is 1. The molecular formula is C23H26N2O2S. The molecule has 146 valence electrons. The van der Waals surface area contributed by atoms with E-state index in [0.29, 0.717) is 23.9 Å². The number of carbonyl (C=O) groups is 1. The lowest BCUT2D eigenvalue weighted by molar-refractivity contribution is -0.116. The Labute approximate surface area is 170 Å². The number of aryl methyl sites for hydroxylation is 1. The summed E-state index contributed by atoms with van der Waals surface area (Å²) in [6, 6.07) is 16.3. The number of thiazole rings is 1. The van der Waals surface area contributed by atoms with Crippen molar-refractivity contribution in [3.8, 4) is 17.0 Å². The molecule has 0 radical (unpaired) electrons. The Kier molecular flexibility index (Phi) is 6.82. The number of rotatable bonds is 8. The number of carbonyl (C=O) groups excluding carboxylic acids is 1. The second-order valence-electron chi connectivity index (χ2n) is 6.87. The molecule has 0 saturated heterocycles. The van der Waals surface area contributed by atoms with E-state index in [1.54, 1.807) is 7.11 Å². The van der Waals surface area contributed by atoms with Crippen LogP contribution in [-0.4, -0.2) is 18.0 Å². The highest BCUT2D eigenvalue weighted by atomic mass is 32.1. The minimum atomic E-state index is -0.0242.